The standard InChI is InChI=1S/C17H23ClN4O2.ClH/c1-11(19)15-4-2-3-8-22(15)16(23)13-10-12(5-6-14(13)18)21-9-7-20-17(21)24;/h5-6,10-11,15H,2-4,7-9,19H2,1H3,(H,20,24);1H. The minimum atomic E-state index is -0.151. The van der Waals surface area contributed by atoms with Crippen molar-refractivity contribution in [3.8, 4) is 0 Å². The number of nitrogens with one attached hydrogen (secondary N) is 1. The highest BCUT2D eigenvalue weighted by molar-refractivity contribution is 6.34. The molecule has 0 aromatic heterocycles. The van der Waals surface area contributed by atoms with Crippen LogP contribution in [-0.2, 0) is 0 Å². The molecule has 2 unspecified atom stereocenters. The van der Waals surface area contributed by atoms with Gasteiger partial charge in [-0.25, -0.2) is 4.79 Å². The Labute approximate surface area is 159 Å². The average Bonchev–Trinajstić information content (AvgIpc) is 3.00. The Kier molecular flexibility index (Phi) is 6.54. The Morgan fingerprint density at radius 3 is 2.76 bits per heavy atom. The number of rotatable bonds is 3. The van der Waals surface area contributed by atoms with Crippen LogP contribution < -0.4 is 16.0 Å². The van der Waals surface area contributed by atoms with Crippen LogP contribution in [0.25, 0.3) is 0 Å². The number of halogens is 2. The summed E-state index contributed by atoms with van der Waals surface area (Å²) in [6.07, 6.45) is 2.97. The van der Waals surface area contributed by atoms with Gasteiger partial charge in [0.25, 0.3) is 5.91 Å². The van der Waals surface area contributed by atoms with Crippen molar-refractivity contribution in [3.05, 3.63) is 28.8 Å². The van der Waals surface area contributed by atoms with E-state index in [4.69, 9.17) is 17.3 Å². The van der Waals surface area contributed by atoms with Gasteiger partial charge in [0.05, 0.1) is 10.6 Å². The maximum absolute atomic E-state index is 13.1. The summed E-state index contributed by atoms with van der Waals surface area (Å²) in [4.78, 5) is 28.4. The number of likely N-dealkylation sites (tertiary alicyclic amines) is 1. The van der Waals surface area contributed by atoms with E-state index < -0.39 is 0 Å². The monoisotopic (exact) mass is 386 g/mol. The van der Waals surface area contributed by atoms with Crippen molar-refractivity contribution in [3.63, 3.8) is 0 Å². The lowest BCUT2D eigenvalue weighted by molar-refractivity contribution is 0.0584. The molecule has 2 aliphatic heterocycles. The van der Waals surface area contributed by atoms with Gasteiger partial charge in [-0.05, 0) is 44.4 Å². The molecule has 138 valence electrons. The van der Waals surface area contributed by atoms with E-state index in [9.17, 15) is 9.59 Å². The van der Waals surface area contributed by atoms with Gasteiger partial charge in [0.1, 0.15) is 0 Å². The zero-order chi connectivity index (χ0) is 17.3. The van der Waals surface area contributed by atoms with Gasteiger partial charge >= 0.3 is 6.03 Å². The Bertz CT molecular complexity index is 654. The van der Waals surface area contributed by atoms with E-state index in [0.717, 1.165) is 19.3 Å². The molecule has 2 saturated heterocycles. The molecule has 3 rings (SSSR count). The number of benzene rings is 1. The minimum Gasteiger partial charge on any atom is -0.336 e. The number of nitrogens with two attached hydrogens (primary N) is 1. The Hall–Kier alpha value is -1.50. The van der Waals surface area contributed by atoms with Crippen LogP contribution in [0.3, 0.4) is 0 Å². The van der Waals surface area contributed by atoms with Crippen LogP contribution in [0.2, 0.25) is 5.02 Å². The fourth-order valence-corrected chi connectivity index (χ4v) is 3.67. The van der Waals surface area contributed by atoms with Gasteiger partial charge < -0.3 is 16.0 Å². The summed E-state index contributed by atoms with van der Waals surface area (Å²) in [5, 5.41) is 3.16. The third kappa shape index (κ3) is 4.02. The van der Waals surface area contributed by atoms with Gasteiger partial charge in [0, 0.05) is 37.4 Å². The van der Waals surface area contributed by atoms with Crippen LogP contribution in [0, 0.1) is 0 Å². The average molecular weight is 387 g/mol. The van der Waals surface area contributed by atoms with Crippen molar-refractivity contribution in [1.29, 1.82) is 0 Å². The van der Waals surface area contributed by atoms with Crippen molar-refractivity contribution in [2.24, 2.45) is 5.73 Å². The maximum Gasteiger partial charge on any atom is 0.321 e. The van der Waals surface area contributed by atoms with Crippen LogP contribution in [0.15, 0.2) is 18.2 Å². The highest BCUT2D eigenvalue weighted by atomic mass is 35.5. The molecule has 2 atom stereocenters. The molecule has 3 N–H and O–H groups in total. The summed E-state index contributed by atoms with van der Waals surface area (Å²) < 4.78 is 0. The molecule has 8 heteroatoms. The second kappa shape index (κ2) is 8.25. The van der Waals surface area contributed by atoms with E-state index >= 15 is 0 Å². The Morgan fingerprint density at radius 2 is 2.12 bits per heavy atom. The predicted octanol–water partition coefficient (Wildman–Crippen LogP) is 2.63. The van der Waals surface area contributed by atoms with Gasteiger partial charge in [0.15, 0.2) is 0 Å². The lowest BCUT2D eigenvalue weighted by Crippen LogP contribution is -2.51. The molecule has 25 heavy (non-hydrogen) atoms. The lowest BCUT2D eigenvalue weighted by Gasteiger charge is -2.38. The second-order valence-electron chi connectivity index (χ2n) is 6.47. The fraction of sp³-hybridized carbons (Fsp3) is 0.529. The summed E-state index contributed by atoms with van der Waals surface area (Å²) in [6, 6.07) is 4.95. The molecule has 2 aliphatic rings. The van der Waals surface area contributed by atoms with Crippen LogP contribution in [0.4, 0.5) is 10.5 Å². The third-order valence-electron chi connectivity index (χ3n) is 4.77. The van der Waals surface area contributed by atoms with Crippen molar-refractivity contribution in [2.45, 2.75) is 38.3 Å². The number of carbonyl (C=O) groups is 2. The molecule has 1 aromatic carbocycles. The number of piperidine rings is 1. The largest absolute Gasteiger partial charge is 0.336 e. The van der Waals surface area contributed by atoms with Gasteiger partial charge in [-0.15, -0.1) is 12.4 Å². The number of hydrogen-bond acceptors (Lipinski definition) is 3. The van der Waals surface area contributed by atoms with Crippen LogP contribution in [0.1, 0.15) is 36.5 Å². The highest BCUT2D eigenvalue weighted by Gasteiger charge is 2.31. The summed E-state index contributed by atoms with van der Waals surface area (Å²) in [5.41, 5.74) is 7.19. The SMILES string of the molecule is CC(N)C1CCCCN1C(=O)c1cc(N2CCNC2=O)ccc1Cl.Cl. The number of carbonyl (C=O) groups excluding carboxylic acids is 2. The topological polar surface area (TPSA) is 78.7 Å². The number of nitrogens with zero attached hydrogens (tertiary/aromatic N) is 2. The molecule has 0 bridgehead atoms. The van der Waals surface area contributed by atoms with Crippen LogP contribution in [0.5, 0.6) is 0 Å². The van der Waals surface area contributed by atoms with Crippen LogP contribution in [-0.4, -0.2) is 48.6 Å². The number of urea groups is 1. The zero-order valence-electron chi connectivity index (χ0n) is 14.2. The first kappa shape index (κ1) is 19.8. The van der Waals surface area contributed by atoms with Gasteiger partial charge in [-0.3, -0.25) is 9.69 Å². The molecule has 2 fully saturated rings. The first-order chi connectivity index (χ1) is 11.5. The van der Waals surface area contributed by atoms with Crippen molar-refractivity contribution in [1.82, 2.24) is 10.2 Å². The molecule has 0 radical (unpaired) electrons. The highest BCUT2D eigenvalue weighted by Crippen LogP contribution is 2.28. The van der Waals surface area contributed by atoms with E-state index in [1.807, 2.05) is 11.8 Å². The van der Waals surface area contributed by atoms with E-state index in [1.54, 1.807) is 23.1 Å². The first-order valence-electron chi connectivity index (χ1n) is 8.40. The summed E-state index contributed by atoms with van der Waals surface area (Å²) >= 11 is 6.28. The van der Waals surface area contributed by atoms with Crippen molar-refractivity contribution < 1.29 is 9.59 Å². The minimum absolute atomic E-state index is 0. The normalized spacial score (nSPS) is 21.6. The van der Waals surface area contributed by atoms with Gasteiger partial charge in [0.2, 0.25) is 0 Å². The number of hydrogen-bond donors (Lipinski definition) is 2. The molecule has 6 nitrogen and oxygen atoms in total. The first-order valence-corrected chi connectivity index (χ1v) is 8.78. The molecule has 1 aromatic rings. The molecule has 0 saturated carbocycles. The van der Waals surface area contributed by atoms with E-state index in [1.165, 1.54) is 0 Å². The van der Waals surface area contributed by atoms with Crippen LogP contribution >= 0.6 is 24.0 Å². The molecule has 0 aliphatic carbocycles. The van der Waals surface area contributed by atoms with Gasteiger partial charge in [-0.2, -0.15) is 0 Å². The zero-order valence-corrected chi connectivity index (χ0v) is 15.8. The molecule has 3 amide bonds. The molecular weight excluding hydrogens is 363 g/mol. The summed E-state index contributed by atoms with van der Waals surface area (Å²) in [7, 11) is 0. The van der Waals surface area contributed by atoms with Crippen molar-refractivity contribution in [2.75, 3.05) is 24.5 Å². The Balaban J connectivity index is 0.00000225. The maximum atomic E-state index is 13.1. The smallest absolute Gasteiger partial charge is 0.321 e. The number of amides is 3. The molecular formula is C17H24Cl2N4O2. The van der Waals surface area contributed by atoms with Crippen molar-refractivity contribution >= 4 is 41.6 Å². The summed E-state index contributed by atoms with van der Waals surface area (Å²) in [5.74, 6) is -0.108. The predicted molar refractivity (Wildman–Crippen MR) is 102 cm³/mol. The van der Waals surface area contributed by atoms with E-state index in [2.05, 4.69) is 5.32 Å². The quantitative estimate of drug-likeness (QED) is 0.837. The third-order valence-corrected chi connectivity index (χ3v) is 5.10. The Morgan fingerprint density at radius 1 is 1.36 bits per heavy atom. The summed E-state index contributed by atoms with van der Waals surface area (Å²) in [6.45, 7) is 3.81. The van der Waals surface area contributed by atoms with Gasteiger partial charge in [-0.1, -0.05) is 11.6 Å². The molecule has 2 heterocycles. The molecule has 0 spiro atoms. The second-order valence-corrected chi connectivity index (χ2v) is 6.88. The fourth-order valence-electron chi connectivity index (χ4n) is 3.47. The lowest BCUT2D eigenvalue weighted by atomic mass is 9.96. The number of anilines is 1. The van der Waals surface area contributed by atoms with E-state index in [0.29, 0.717) is 35.9 Å². The van der Waals surface area contributed by atoms with E-state index in [-0.39, 0.29) is 36.4 Å².